The molecule has 0 heterocycles. The maximum atomic E-state index is 19.1. The highest BCUT2D eigenvalue weighted by Crippen LogP contribution is 2.61. The van der Waals surface area contributed by atoms with Crippen molar-refractivity contribution in [3.63, 3.8) is 0 Å². The first-order valence-corrected chi connectivity index (χ1v) is 44.5. The molecule has 624 valence electrons. The van der Waals surface area contributed by atoms with Crippen LogP contribution in [-0.2, 0) is 17.3 Å². The van der Waals surface area contributed by atoms with Gasteiger partial charge in [0.2, 0.25) is 0 Å². The molecule has 0 bridgehead atoms. The molecule has 2 aliphatic carbocycles. The number of nitrogens with zero attached hydrogens (tertiary/aromatic N) is 4. The summed E-state index contributed by atoms with van der Waals surface area (Å²) in [7, 11) is 0. The van der Waals surface area contributed by atoms with Gasteiger partial charge in [-0.1, -0.05) is 336 Å². The van der Waals surface area contributed by atoms with E-state index in [1.807, 2.05) is 164 Å². The summed E-state index contributed by atoms with van der Waals surface area (Å²) in [5.41, 5.74) is 21.7. The molecule has 0 aromatic heterocycles. The minimum atomic E-state index is -0.718. The number of halogens is 5. The summed E-state index contributed by atoms with van der Waals surface area (Å²) >= 11 is 0. The Hall–Kier alpha value is -16.2. The van der Waals surface area contributed by atoms with Crippen LogP contribution in [-0.4, -0.2) is 0 Å². The Bertz CT molecular complexity index is 8300. The van der Waals surface area contributed by atoms with Crippen LogP contribution in [0.5, 0.6) is 0 Å². The second kappa shape index (κ2) is 30.8. The van der Waals surface area contributed by atoms with Crippen LogP contribution in [0, 0.1) is 29.1 Å². The van der Waals surface area contributed by atoms with Crippen molar-refractivity contribution in [2.24, 2.45) is 0 Å². The molecular formula is C122H81F5N4. The molecule has 24 rings (SSSR count). The molecule has 0 spiro atoms. The summed E-state index contributed by atoms with van der Waals surface area (Å²) in [4.78, 5) is 8.00. The first kappa shape index (κ1) is 78.3. The number of rotatable bonds is 18. The van der Waals surface area contributed by atoms with Gasteiger partial charge in [0.05, 0.1) is 62.6 Å². The highest BCUT2D eigenvalue weighted by molar-refractivity contribution is 6.30. The Labute approximate surface area is 755 Å². The number of fused-ring (bicyclic) bond motifs is 6. The molecule has 0 amide bonds. The van der Waals surface area contributed by atoms with Gasteiger partial charge in [0, 0.05) is 54.8 Å². The summed E-state index contributed by atoms with van der Waals surface area (Å²) in [5, 5.41) is 11.1. The number of hydrogen-bond acceptors (Lipinski definition) is 4. The predicted octanol–water partition coefficient (Wildman–Crippen LogP) is 34.6. The lowest BCUT2D eigenvalue weighted by molar-refractivity contribution is 0.583. The first-order chi connectivity index (χ1) is 64.2. The maximum Gasteiger partial charge on any atom is 0.148 e. The third-order valence-corrected chi connectivity index (χ3v) is 27.7. The minimum Gasteiger partial charge on any atom is -0.307 e. The van der Waals surface area contributed by atoms with Crippen LogP contribution in [0.15, 0.2) is 425 Å². The number of benzene rings is 22. The SMILES string of the molecule is CC1(C)c2ccccc2-c2c(N(c3ccc(-c4ccccc4)cc3F)c3ccc4ccc5c(N(c6ccc(-c7ccccc7)cc6F)c6cccc7c6-c6ccccc6C7(C)Cc6cccc(-c7cc(-c8ccccc8)cc(F)c7N(c7ccccc7)c7ccc8ccc9c(N(c%10ccccc%10F)c%10ccccc%10F)ccc%10ccc7c8c%109)c6)ccc6ccc3c4c65)cccc21. The fourth-order valence-corrected chi connectivity index (χ4v) is 21.7. The molecule has 22 aromatic rings. The summed E-state index contributed by atoms with van der Waals surface area (Å²) in [6.07, 6.45) is 0.504. The Balaban J connectivity index is 0.667. The van der Waals surface area contributed by atoms with Gasteiger partial charge in [0.1, 0.15) is 29.1 Å². The van der Waals surface area contributed by atoms with Crippen LogP contribution in [0.4, 0.5) is 90.2 Å². The molecule has 1 unspecified atom stereocenters. The van der Waals surface area contributed by atoms with E-state index in [1.165, 1.54) is 17.7 Å². The lowest BCUT2D eigenvalue weighted by Gasteiger charge is -2.32. The molecule has 1 atom stereocenters. The van der Waals surface area contributed by atoms with Crippen molar-refractivity contribution >= 4 is 133 Å². The smallest absolute Gasteiger partial charge is 0.148 e. The van der Waals surface area contributed by atoms with E-state index in [1.54, 1.807) is 59.5 Å². The number of hydrogen-bond donors (Lipinski definition) is 0. The van der Waals surface area contributed by atoms with E-state index in [9.17, 15) is 0 Å². The van der Waals surface area contributed by atoms with Crippen molar-refractivity contribution in [1.29, 1.82) is 0 Å². The minimum absolute atomic E-state index is 0.195. The molecule has 0 N–H and O–H groups in total. The van der Waals surface area contributed by atoms with Crippen molar-refractivity contribution in [3.8, 4) is 66.8 Å². The molecule has 0 saturated heterocycles. The van der Waals surface area contributed by atoms with Crippen LogP contribution >= 0.6 is 0 Å². The Morgan fingerprint density at radius 1 is 0.214 bits per heavy atom. The van der Waals surface area contributed by atoms with Gasteiger partial charge in [-0.05, 0) is 237 Å². The van der Waals surface area contributed by atoms with Gasteiger partial charge in [-0.15, -0.1) is 0 Å². The van der Waals surface area contributed by atoms with Crippen LogP contribution in [0.2, 0.25) is 0 Å². The van der Waals surface area contributed by atoms with Gasteiger partial charge >= 0.3 is 0 Å². The topological polar surface area (TPSA) is 13.0 Å². The van der Waals surface area contributed by atoms with Crippen LogP contribution in [0.1, 0.15) is 48.6 Å². The number of anilines is 12. The largest absolute Gasteiger partial charge is 0.307 e. The average molecular weight is 1700 g/mol. The van der Waals surface area contributed by atoms with E-state index >= 15 is 22.0 Å². The van der Waals surface area contributed by atoms with Gasteiger partial charge in [-0.25, -0.2) is 22.0 Å². The van der Waals surface area contributed by atoms with Gasteiger partial charge in [-0.3, -0.25) is 0 Å². The second-order valence-electron chi connectivity index (χ2n) is 35.4. The van der Waals surface area contributed by atoms with Gasteiger partial charge in [-0.2, -0.15) is 0 Å². The zero-order valence-electron chi connectivity index (χ0n) is 71.8. The second-order valence-corrected chi connectivity index (χ2v) is 35.4. The summed E-state index contributed by atoms with van der Waals surface area (Å²) < 4.78 is 88.6. The van der Waals surface area contributed by atoms with E-state index in [0.717, 1.165) is 177 Å². The van der Waals surface area contributed by atoms with Gasteiger partial charge < -0.3 is 19.6 Å². The van der Waals surface area contributed by atoms with Crippen molar-refractivity contribution in [1.82, 2.24) is 0 Å². The lowest BCUT2D eigenvalue weighted by Crippen LogP contribution is -2.24. The molecule has 131 heavy (non-hydrogen) atoms. The monoisotopic (exact) mass is 1700 g/mol. The molecule has 22 aromatic carbocycles. The van der Waals surface area contributed by atoms with Crippen molar-refractivity contribution < 1.29 is 22.0 Å². The quantitative estimate of drug-likeness (QED) is 0.0627. The fourth-order valence-electron chi connectivity index (χ4n) is 21.7. The van der Waals surface area contributed by atoms with Crippen molar-refractivity contribution in [2.45, 2.75) is 38.0 Å². The molecule has 0 saturated carbocycles. The van der Waals surface area contributed by atoms with E-state index in [4.69, 9.17) is 0 Å². The van der Waals surface area contributed by atoms with Gasteiger partial charge in [0.15, 0.2) is 0 Å². The Morgan fingerprint density at radius 2 is 0.557 bits per heavy atom. The zero-order valence-corrected chi connectivity index (χ0v) is 71.8. The van der Waals surface area contributed by atoms with Gasteiger partial charge in [0.25, 0.3) is 0 Å². The van der Waals surface area contributed by atoms with E-state index in [2.05, 4.69) is 230 Å². The predicted molar refractivity (Wildman–Crippen MR) is 534 cm³/mol. The molecule has 0 radical (unpaired) electrons. The molecule has 0 fully saturated rings. The fraction of sp³-hybridized carbons (Fsp3) is 0.0492. The Morgan fingerprint density at radius 3 is 1.04 bits per heavy atom. The average Bonchev–Trinajstić information content (AvgIpc) is 1.69. The first-order valence-electron chi connectivity index (χ1n) is 44.5. The highest BCUT2D eigenvalue weighted by atomic mass is 19.1. The van der Waals surface area contributed by atoms with Crippen LogP contribution < -0.4 is 19.6 Å². The summed E-state index contributed by atoms with van der Waals surface area (Å²) in [6, 6.07) is 140. The summed E-state index contributed by atoms with van der Waals surface area (Å²) in [5.74, 6) is -2.22. The highest BCUT2D eigenvalue weighted by Gasteiger charge is 2.44. The normalized spacial score (nSPS) is 13.6. The van der Waals surface area contributed by atoms with E-state index < -0.39 is 28.7 Å². The van der Waals surface area contributed by atoms with Crippen LogP contribution in [0.25, 0.3) is 131 Å². The van der Waals surface area contributed by atoms with Crippen molar-refractivity contribution in [3.05, 3.63) is 482 Å². The third kappa shape index (κ3) is 12.5. The molecule has 4 nitrogen and oxygen atoms in total. The Kier molecular flexibility index (Phi) is 18.4. The molecular weight excluding hydrogens is 1620 g/mol. The van der Waals surface area contributed by atoms with Crippen LogP contribution in [0.3, 0.4) is 0 Å². The van der Waals surface area contributed by atoms with Crippen molar-refractivity contribution in [2.75, 3.05) is 19.6 Å². The number of para-hydroxylation sites is 3. The zero-order chi connectivity index (χ0) is 88.1. The van der Waals surface area contributed by atoms with E-state index in [-0.39, 0.29) is 22.6 Å². The summed E-state index contributed by atoms with van der Waals surface area (Å²) in [6.45, 7) is 6.87. The molecule has 0 aliphatic heterocycles. The standard InChI is InChI=1S/C122H81F5N4/c1-121(2)95-39-18-16-37-88(95)118-97(121)41-25-47-112(118)130(110-67-57-83(71-101(110)125)76-28-8-4-9-29-76)106-65-55-81-52-62-93-107(66-56-82-51-61-92(106)116(81)117(82)93)131(111-68-58-84(72-102(111)126)77-30-10-5-11-31-77)113-48-26-42-98-119(113)89-38-17-19-40-96(89)122(98,3)74-75-27-24-34-85(69-75)94-70-86(78-32-12-6-13-33-78)73-103(127)120(94)128(87-35-14-7-15-36-87)104-63-53-79-50-60-91-105(64-54-80-49-59-90(104)114(79)115(80)91)129(108-45-22-20-43-99(108)123)109-46-23-21-44-100(109)124/h4-73H,74H2,1-3H3. The lowest BCUT2D eigenvalue weighted by atomic mass is 9.75. The molecule has 2 aliphatic rings. The van der Waals surface area contributed by atoms with E-state index in [0.29, 0.717) is 40.3 Å². The molecule has 9 heteroatoms. The maximum absolute atomic E-state index is 19.1. The third-order valence-electron chi connectivity index (χ3n) is 27.7.